The van der Waals surface area contributed by atoms with Gasteiger partial charge in [0.25, 0.3) is 5.56 Å². The molecule has 7 nitrogen and oxygen atoms in total. The lowest BCUT2D eigenvalue weighted by atomic mass is 10.2. The number of carbonyl (C=O) groups is 1. The number of fused-ring (bicyclic) bond motifs is 1. The van der Waals surface area contributed by atoms with Gasteiger partial charge in [0.2, 0.25) is 11.7 Å². The van der Waals surface area contributed by atoms with Crippen LogP contribution in [0.3, 0.4) is 0 Å². The van der Waals surface area contributed by atoms with E-state index in [0.717, 1.165) is 5.56 Å². The number of aromatic amines is 1. The molecule has 0 atom stereocenters. The van der Waals surface area contributed by atoms with Gasteiger partial charge in [-0.3, -0.25) is 19.0 Å². The number of carbonyl (C=O) groups excluding carboxylic acids is 1. The molecular weight excluding hydrogens is 338 g/mol. The van der Waals surface area contributed by atoms with E-state index in [9.17, 15) is 9.59 Å². The van der Waals surface area contributed by atoms with E-state index in [0.29, 0.717) is 22.5 Å². The number of hydrogen-bond donors (Lipinski definition) is 2. The highest BCUT2D eigenvalue weighted by Gasteiger charge is 2.10. The molecule has 2 aromatic heterocycles. The van der Waals surface area contributed by atoms with Gasteiger partial charge in [-0.15, -0.1) is 10.2 Å². The van der Waals surface area contributed by atoms with Crippen LogP contribution in [0.2, 0.25) is 5.02 Å². The van der Waals surface area contributed by atoms with Crippen LogP contribution in [0.15, 0.2) is 46.5 Å². The molecule has 0 aliphatic rings. The van der Waals surface area contributed by atoms with E-state index in [2.05, 4.69) is 20.5 Å². The Balaban J connectivity index is 1.58. The lowest BCUT2D eigenvalue weighted by Gasteiger charge is -2.06. The van der Waals surface area contributed by atoms with E-state index in [1.807, 2.05) is 18.2 Å². The van der Waals surface area contributed by atoms with Gasteiger partial charge in [0, 0.05) is 23.8 Å². The third-order valence-corrected chi connectivity index (χ3v) is 4.35. The van der Waals surface area contributed by atoms with Gasteiger partial charge in [-0.25, -0.2) is 0 Å². The lowest BCUT2D eigenvalue weighted by molar-refractivity contribution is -0.118. The molecule has 2 heterocycles. The van der Waals surface area contributed by atoms with Crippen LogP contribution >= 0.6 is 23.4 Å². The van der Waals surface area contributed by atoms with E-state index < -0.39 is 0 Å². The molecule has 3 aromatic rings. The fraction of sp³-hybridized carbons (Fsp3) is 0.143. The number of nitrogens with one attached hydrogen (secondary N) is 2. The zero-order valence-electron chi connectivity index (χ0n) is 11.8. The lowest BCUT2D eigenvalue weighted by Crippen LogP contribution is -2.24. The summed E-state index contributed by atoms with van der Waals surface area (Å²) in [6.07, 6.45) is 1.57. The maximum absolute atomic E-state index is 11.9. The van der Waals surface area contributed by atoms with Crippen molar-refractivity contribution in [2.75, 3.05) is 5.75 Å². The third kappa shape index (κ3) is 3.72. The first-order valence-corrected chi connectivity index (χ1v) is 8.07. The molecule has 9 heteroatoms. The molecule has 118 valence electrons. The number of aromatic nitrogens is 4. The molecule has 0 saturated heterocycles. The number of rotatable bonds is 5. The minimum absolute atomic E-state index is 0.143. The van der Waals surface area contributed by atoms with Gasteiger partial charge in [0.1, 0.15) is 0 Å². The van der Waals surface area contributed by atoms with Crippen molar-refractivity contribution >= 4 is 35.0 Å². The Morgan fingerprint density at radius 3 is 2.96 bits per heavy atom. The van der Waals surface area contributed by atoms with E-state index in [1.165, 1.54) is 17.8 Å². The fourth-order valence-corrected chi connectivity index (χ4v) is 2.86. The van der Waals surface area contributed by atoms with Crippen molar-refractivity contribution in [1.29, 1.82) is 0 Å². The zero-order chi connectivity index (χ0) is 16.2. The quantitative estimate of drug-likeness (QED) is 0.681. The largest absolute Gasteiger partial charge is 0.351 e. The first-order valence-electron chi connectivity index (χ1n) is 6.70. The van der Waals surface area contributed by atoms with Crippen LogP contribution in [-0.4, -0.2) is 31.2 Å². The normalized spacial score (nSPS) is 10.8. The molecule has 0 bridgehead atoms. The third-order valence-electron chi connectivity index (χ3n) is 3.04. The minimum Gasteiger partial charge on any atom is -0.351 e. The Hall–Kier alpha value is -2.32. The van der Waals surface area contributed by atoms with Crippen LogP contribution in [0, 0.1) is 0 Å². The Kier molecular flexibility index (Phi) is 4.63. The maximum Gasteiger partial charge on any atom is 0.252 e. The van der Waals surface area contributed by atoms with Crippen LogP contribution in [0.5, 0.6) is 0 Å². The predicted octanol–water partition coefficient (Wildman–Crippen LogP) is 1.48. The molecule has 0 radical (unpaired) electrons. The fourth-order valence-electron chi connectivity index (χ4n) is 1.91. The van der Waals surface area contributed by atoms with Crippen molar-refractivity contribution < 1.29 is 4.79 Å². The second-order valence-electron chi connectivity index (χ2n) is 4.64. The van der Waals surface area contributed by atoms with Crippen LogP contribution < -0.4 is 10.9 Å². The second kappa shape index (κ2) is 6.84. The van der Waals surface area contributed by atoms with Crippen molar-refractivity contribution in [3.05, 3.63) is 57.5 Å². The van der Waals surface area contributed by atoms with Crippen LogP contribution in [0.4, 0.5) is 0 Å². The Labute approximate surface area is 140 Å². The van der Waals surface area contributed by atoms with Gasteiger partial charge in [0.05, 0.1) is 5.75 Å². The van der Waals surface area contributed by atoms with Crippen LogP contribution in [-0.2, 0) is 11.3 Å². The van der Waals surface area contributed by atoms with Gasteiger partial charge >= 0.3 is 0 Å². The molecule has 0 fully saturated rings. The van der Waals surface area contributed by atoms with E-state index in [4.69, 9.17) is 11.6 Å². The van der Waals surface area contributed by atoms with Gasteiger partial charge < -0.3 is 5.32 Å². The molecular formula is C14H12ClN5O2S. The summed E-state index contributed by atoms with van der Waals surface area (Å²) in [7, 11) is 0. The molecule has 0 aliphatic heterocycles. The molecule has 0 aliphatic carbocycles. The summed E-state index contributed by atoms with van der Waals surface area (Å²) in [4.78, 5) is 25.7. The monoisotopic (exact) mass is 349 g/mol. The summed E-state index contributed by atoms with van der Waals surface area (Å²) >= 11 is 7.27. The summed E-state index contributed by atoms with van der Waals surface area (Å²) < 4.78 is 1.62. The molecule has 1 amide bonds. The zero-order valence-corrected chi connectivity index (χ0v) is 13.4. The maximum atomic E-state index is 11.9. The first-order chi connectivity index (χ1) is 11.1. The Morgan fingerprint density at radius 1 is 1.30 bits per heavy atom. The van der Waals surface area contributed by atoms with Crippen molar-refractivity contribution in [3.63, 3.8) is 0 Å². The predicted molar refractivity (Wildman–Crippen MR) is 87.6 cm³/mol. The minimum atomic E-state index is -0.251. The first kappa shape index (κ1) is 15.6. The average Bonchev–Trinajstić information content (AvgIpc) is 2.94. The molecule has 0 spiro atoms. The number of hydrogen-bond acceptors (Lipinski definition) is 5. The number of halogens is 1. The summed E-state index contributed by atoms with van der Waals surface area (Å²) in [6.45, 7) is 0.368. The van der Waals surface area contributed by atoms with Gasteiger partial charge in [0.15, 0.2) is 5.16 Å². The number of benzene rings is 1. The van der Waals surface area contributed by atoms with Gasteiger partial charge in [-0.2, -0.15) is 0 Å². The van der Waals surface area contributed by atoms with Crippen LogP contribution in [0.25, 0.3) is 5.78 Å². The molecule has 3 rings (SSSR count). The molecule has 1 aromatic carbocycles. The highest BCUT2D eigenvalue weighted by molar-refractivity contribution is 7.99. The van der Waals surface area contributed by atoms with Crippen LogP contribution in [0.1, 0.15) is 5.56 Å². The Morgan fingerprint density at radius 2 is 2.13 bits per heavy atom. The van der Waals surface area contributed by atoms with E-state index in [1.54, 1.807) is 16.7 Å². The van der Waals surface area contributed by atoms with E-state index in [-0.39, 0.29) is 17.2 Å². The number of nitrogens with zero attached hydrogens (tertiary/aromatic N) is 3. The summed E-state index contributed by atoms with van der Waals surface area (Å²) in [5.41, 5.74) is 0.608. The molecule has 0 saturated carbocycles. The number of amides is 1. The van der Waals surface area contributed by atoms with Crippen molar-refractivity contribution in [1.82, 2.24) is 24.9 Å². The molecule has 23 heavy (non-hydrogen) atoms. The van der Waals surface area contributed by atoms with Gasteiger partial charge in [-0.1, -0.05) is 41.6 Å². The van der Waals surface area contributed by atoms with Gasteiger partial charge in [-0.05, 0) is 11.6 Å². The topological polar surface area (TPSA) is 92.2 Å². The summed E-state index contributed by atoms with van der Waals surface area (Å²) in [5, 5.41) is 11.7. The second-order valence-corrected chi connectivity index (χ2v) is 5.99. The highest BCUT2D eigenvalue weighted by atomic mass is 35.5. The molecule has 2 N–H and O–H groups in total. The average molecular weight is 350 g/mol. The smallest absolute Gasteiger partial charge is 0.252 e. The molecule has 0 unspecified atom stereocenters. The summed E-state index contributed by atoms with van der Waals surface area (Å²) in [5.74, 6) is 0.386. The number of H-pyrrole nitrogens is 1. The van der Waals surface area contributed by atoms with Crippen molar-refractivity contribution in [3.8, 4) is 0 Å². The Bertz CT molecular complexity index is 907. The van der Waals surface area contributed by atoms with E-state index >= 15 is 0 Å². The number of thioether (sulfide) groups is 1. The standard InChI is InChI=1S/C14H12ClN5O2S/c15-10-4-2-1-3-9(10)7-16-12(22)8-23-14-19-18-13-17-11(21)5-6-20(13)14/h1-6H,7-8H2,(H,16,22)(H,17,18,21). The highest BCUT2D eigenvalue weighted by Crippen LogP contribution is 2.16. The van der Waals surface area contributed by atoms with Crippen molar-refractivity contribution in [2.45, 2.75) is 11.7 Å². The SMILES string of the molecule is O=C(CSc1nnc2[nH]c(=O)ccn12)NCc1ccccc1Cl. The summed E-state index contributed by atoms with van der Waals surface area (Å²) in [6, 6.07) is 8.71. The van der Waals surface area contributed by atoms with Crippen molar-refractivity contribution in [2.24, 2.45) is 0 Å².